The summed E-state index contributed by atoms with van der Waals surface area (Å²) in [6, 6.07) is 3.49. The fraction of sp³-hybridized carbons (Fsp3) is 0.632. The molecule has 0 unspecified atom stereocenters. The molecule has 0 atom stereocenters. The van der Waals surface area contributed by atoms with Gasteiger partial charge in [0.15, 0.2) is 0 Å². The van der Waals surface area contributed by atoms with Crippen LogP contribution in [0.15, 0.2) is 18.2 Å². The van der Waals surface area contributed by atoms with E-state index in [2.05, 4.69) is 20.8 Å². The number of carbonyl (C=O) groups excluding carboxylic acids is 1. The summed E-state index contributed by atoms with van der Waals surface area (Å²) >= 11 is -3.21. The van der Waals surface area contributed by atoms with Gasteiger partial charge < -0.3 is 0 Å². The molecule has 5 heteroatoms. The molecular weight excluding hydrogens is 417 g/mol. The predicted octanol–water partition coefficient (Wildman–Crippen LogP) is 6.47. The Balaban J connectivity index is 3.05. The summed E-state index contributed by atoms with van der Waals surface area (Å²) in [4.78, 5) is 12.5. The van der Waals surface area contributed by atoms with Gasteiger partial charge >= 0.3 is 149 Å². The van der Waals surface area contributed by atoms with Crippen LogP contribution in [0.25, 0.3) is 0 Å². The number of unbranched alkanes of at least 4 members (excludes halogenated alkanes) is 3. The molecule has 1 rings (SSSR count). The van der Waals surface area contributed by atoms with Crippen LogP contribution in [0.2, 0.25) is 13.3 Å². The van der Waals surface area contributed by atoms with E-state index in [1.807, 2.05) is 0 Å². The number of hydrogen-bond donors (Lipinski definition) is 0. The first-order valence-corrected chi connectivity index (χ1v) is 16.4. The van der Waals surface area contributed by atoms with Crippen molar-refractivity contribution < 1.29 is 16.6 Å². The Morgan fingerprint density at radius 2 is 1.33 bits per heavy atom. The average molecular weight is 447 g/mol. The van der Waals surface area contributed by atoms with Crippen molar-refractivity contribution in [2.45, 2.75) is 72.6 Å². The van der Waals surface area contributed by atoms with E-state index >= 15 is 0 Å². The third-order valence-corrected chi connectivity index (χ3v) is 17.0. The fourth-order valence-corrected chi connectivity index (χ4v) is 15.9. The van der Waals surface area contributed by atoms with Gasteiger partial charge in [0.05, 0.1) is 0 Å². The molecule has 0 spiro atoms. The molecule has 0 aliphatic heterocycles. The molecule has 24 heavy (non-hydrogen) atoms. The molecular formula is C19H30F2O2Sn. The Morgan fingerprint density at radius 1 is 0.917 bits per heavy atom. The quantitative estimate of drug-likeness (QED) is 0.364. The molecule has 0 radical (unpaired) electrons. The zero-order chi connectivity index (χ0) is 18.0. The van der Waals surface area contributed by atoms with Gasteiger partial charge in [0.2, 0.25) is 0 Å². The Kier molecular flexibility index (Phi) is 9.86. The van der Waals surface area contributed by atoms with Crippen LogP contribution < -0.4 is 0 Å². The summed E-state index contributed by atoms with van der Waals surface area (Å²) in [5.74, 6) is -2.45. The van der Waals surface area contributed by atoms with Crippen molar-refractivity contribution in [2.24, 2.45) is 0 Å². The van der Waals surface area contributed by atoms with E-state index in [1.54, 1.807) is 0 Å². The van der Waals surface area contributed by atoms with Crippen LogP contribution in [-0.4, -0.2) is 24.8 Å². The van der Waals surface area contributed by atoms with E-state index < -0.39 is 42.0 Å². The van der Waals surface area contributed by atoms with Crippen LogP contribution in [0.3, 0.4) is 0 Å². The molecule has 0 heterocycles. The second-order valence-corrected chi connectivity index (χ2v) is 18.1. The second-order valence-electron chi connectivity index (χ2n) is 6.48. The Labute approximate surface area is 149 Å². The van der Waals surface area contributed by atoms with E-state index in [0.29, 0.717) is 0 Å². The first-order chi connectivity index (χ1) is 11.5. The minimum atomic E-state index is -3.21. The Hall–Kier alpha value is -0.651. The van der Waals surface area contributed by atoms with Crippen LogP contribution in [-0.2, 0) is 3.07 Å². The average Bonchev–Trinajstić information content (AvgIpc) is 2.56. The zero-order valence-electron chi connectivity index (χ0n) is 15.2. The Morgan fingerprint density at radius 3 is 1.71 bits per heavy atom. The molecule has 136 valence electrons. The summed E-state index contributed by atoms with van der Waals surface area (Å²) in [7, 11) is 0. The van der Waals surface area contributed by atoms with Crippen molar-refractivity contribution in [2.75, 3.05) is 0 Å². The van der Waals surface area contributed by atoms with Crippen LogP contribution in [0.4, 0.5) is 8.78 Å². The molecule has 0 amide bonds. The number of benzene rings is 1. The molecule has 0 aliphatic rings. The van der Waals surface area contributed by atoms with Crippen LogP contribution >= 0.6 is 0 Å². The van der Waals surface area contributed by atoms with Gasteiger partial charge in [0, 0.05) is 0 Å². The van der Waals surface area contributed by atoms with E-state index in [4.69, 9.17) is 3.07 Å². The van der Waals surface area contributed by atoms with Gasteiger partial charge in [-0.15, -0.1) is 0 Å². The number of hydrogen-bond acceptors (Lipinski definition) is 2. The maximum atomic E-state index is 13.9. The molecule has 0 bridgehead atoms. The van der Waals surface area contributed by atoms with E-state index in [-0.39, 0.29) is 0 Å². The molecule has 0 saturated heterocycles. The van der Waals surface area contributed by atoms with E-state index in [0.717, 1.165) is 64.0 Å². The third-order valence-electron chi connectivity index (χ3n) is 4.43. The summed E-state index contributed by atoms with van der Waals surface area (Å²) in [5, 5.41) is 0. The van der Waals surface area contributed by atoms with Gasteiger partial charge in [0.25, 0.3) is 0 Å². The normalized spacial score (nSPS) is 11.5. The van der Waals surface area contributed by atoms with Gasteiger partial charge in [-0.3, -0.25) is 0 Å². The van der Waals surface area contributed by atoms with Crippen LogP contribution in [0, 0.1) is 11.6 Å². The van der Waals surface area contributed by atoms with Gasteiger partial charge in [-0.1, -0.05) is 0 Å². The molecule has 2 nitrogen and oxygen atoms in total. The molecule has 1 aromatic carbocycles. The van der Waals surface area contributed by atoms with Gasteiger partial charge in [-0.2, -0.15) is 0 Å². The van der Waals surface area contributed by atoms with Gasteiger partial charge in [-0.25, -0.2) is 0 Å². The molecule has 0 N–H and O–H groups in total. The van der Waals surface area contributed by atoms with Crippen molar-refractivity contribution in [1.29, 1.82) is 0 Å². The fourth-order valence-electron chi connectivity index (χ4n) is 2.97. The van der Waals surface area contributed by atoms with Crippen molar-refractivity contribution in [3.05, 3.63) is 35.4 Å². The number of rotatable bonds is 11. The predicted molar refractivity (Wildman–Crippen MR) is 96.7 cm³/mol. The van der Waals surface area contributed by atoms with Gasteiger partial charge in [-0.05, 0) is 0 Å². The summed E-state index contributed by atoms with van der Waals surface area (Å²) in [5.41, 5.74) is -0.525. The monoisotopic (exact) mass is 448 g/mol. The van der Waals surface area contributed by atoms with Crippen molar-refractivity contribution in [3.8, 4) is 0 Å². The Bertz CT molecular complexity index is 478. The number of carbonyl (C=O) groups is 1. The molecule has 0 fully saturated rings. The van der Waals surface area contributed by atoms with Crippen molar-refractivity contribution in [1.82, 2.24) is 0 Å². The number of halogens is 2. The first-order valence-electron chi connectivity index (χ1n) is 9.17. The standard InChI is InChI=1S/C7H4F2O2.3C4H9.Sn/c8-4-2-1-3-5(9)6(4)7(10)11;3*1-3-4-2;/h1-3H,(H,10,11);3*1,3-4H2,2H3;/q;;;;+1/p-1. The van der Waals surface area contributed by atoms with Crippen LogP contribution in [0.1, 0.15) is 69.7 Å². The molecule has 0 aromatic heterocycles. The zero-order valence-corrected chi connectivity index (χ0v) is 18.0. The van der Waals surface area contributed by atoms with Gasteiger partial charge in [0.1, 0.15) is 0 Å². The minimum absolute atomic E-state index is 0.525. The second kappa shape index (κ2) is 11.1. The molecule has 1 aromatic rings. The summed E-state index contributed by atoms with van der Waals surface area (Å²) < 4.78 is 36.7. The maximum absolute atomic E-state index is 13.9. The summed E-state index contributed by atoms with van der Waals surface area (Å²) in [6.45, 7) is 6.36. The molecule has 0 aliphatic carbocycles. The first kappa shape index (κ1) is 21.4. The van der Waals surface area contributed by atoms with E-state index in [9.17, 15) is 13.6 Å². The third kappa shape index (κ3) is 6.34. The van der Waals surface area contributed by atoms with Crippen molar-refractivity contribution >= 4 is 24.8 Å². The van der Waals surface area contributed by atoms with E-state index in [1.165, 1.54) is 6.07 Å². The van der Waals surface area contributed by atoms with Crippen molar-refractivity contribution in [3.63, 3.8) is 0 Å². The topological polar surface area (TPSA) is 26.3 Å². The SMILES string of the molecule is CCC[CH2][Sn]([CH2]CCC)([CH2]CCC)[O]C(=O)c1c(F)cccc1F. The van der Waals surface area contributed by atoms with Crippen LogP contribution in [0.5, 0.6) is 0 Å². The summed E-state index contributed by atoms with van der Waals surface area (Å²) in [6.07, 6.45) is 6.21. The molecule has 0 saturated carbocycles.